The summed E-state index contributed by atoms with van der Waals surface area (Å²) in [6.07, 6.45) is 9.46. The molecule has 3 aromatic heterocycles. The molecule has 0 saturated carbocycles. The topological polar surface area (TPSA) is 61.6 Å². The van der Waals surface area contributed by atoms with Gasteiger partial charge in [0.05, 0.1) is 17.4 Å². The van der Waals surface area contributed by atoms with Gasteiger partial charge in [0, 0.05) is 50.3 Å². The van der Waals surface area contributed by atoms with Gasteiger partial charge in [-0.15, -0.1) is 0 Å². The molecule has 1 aliphatic carbocycles. The van der Waals surface area contributed by atoms with E-state index in [1.807, 2.05) is 18.5 Å². The lowest BCUT2D eigenvalue weighted by molar-refractivity contribution is 0.206. The number of aryl methyl sites for hydroxylation is 1. The SMILES string of the molecule is C[C@@H]1CN(c2nccc3nc(CN(C)[C@H]4CCCc5cccnc54)cn23)C[C@H](C)N1. The highest BCUT2D eigenvalue weighted by atomic mass is 15.3. The van der Waals surface area contributed by atoms with Gasteiger partial charge in [-0.1, -0.05) is 6.07 Å². The van der Waals surface area contributed by atoms with Gasteiger partial charge in [0.1, 0.15) is 5.65 Å². The van der Waals surface area contributed by atoms with Gasteiger partial charge in [0.2, 0.25) is 5.95 Å². The minimum absolute atomic E-state index is 0.354. The molecule has 3 atom stereocenters. The summed E-state index contributed by atoms with van der Waals surface area (Å²) in [6, 6.07) is 7.51. The van der Waals surface area contributed by atoms with Crippen molar-refractivity contribution in [3.63, 3.8) is 0 Å². The fraction of sp³-hybridized carbons (Fsp3) is 0.522. The van der Waals surface area contributed by atoms with Crippen LogP contribution in [0.5, 0.6) is 0 Å². The van der Waals surface area contributed by atoms with Gasteiger partial charge in [-0.2, -0.15) is 0 Å². The Hall–Kier alpha value is -2.51. The lowest BCUT2D eigenvalue weighted by atomic mass is 9.91. The quantitative estimate of drug-likeness (QED) is 0.720. The Labute approximate surface area is 178 Å². The van der Waals surface area contributed by atoms with Crippen LogP contribution in [-0.2, 0) is 13.0 Å². The van der Waals surface area contributed by atoms with Crippen molar-refractivity contribution in [2.75, 3.05) is 25.0 Å². The predicted molar refractivity (Wildman–Crippen MR) is 119 cm³/mol. The highest BCUT2D eigenvalue weighted by Gasteiger charge is 2.26. The Balaban J connectivity index is 1.40. The van der Waals surface area contributed by atoms with E-state index in [4.69, 9.17) is 15.0 Å². The van der Waals surface area contributed by atoms with Crippen LogP contribution in [0.3, 0.4) is 0 Å². The maximum Gasteiger partial charge on any atom is 0.211 e. The molecule has 4 heterocycles. The molecule has 1 N–H and O–H groups in total. The normalized spacial score (nSPS) is 24.4. The van der Waals surface area contributed by atoms with Crippen molar-refractivity contribution < 1.29 is 0 Å². The van der Waals surface area contributed by atoms with Crippen LogP contribution in [0.15, 0.2) is 36.8 Å². The van der Waals surface area contributed by atoms with Gasteiger partial charge in [0.15, 0.2) is 0 Å². The monoisotopic (exact) mass is 405 g/mol. The van der Waals surface area contributed by atoms with E-state index in [0.717, 1.165) is 49.8 Å². The third-order valence-corrected chi connectivity index (χ3v) is 6.36. The molecule has 0 bridgehead atoms. The van der Waals surface area contributed by atoms with Crippen LogP contribution in [0.2, 0.25) is 0 Å². The number of hydrogen-bond acceptors (Lipinski definition) is 6. The third kappa shape index (κ3) is 3.68. The maximum atomic E-state index is 4.92. The molecule has 5 rings (SSSR count). The molecule has 0 aromatic carbocycles. The highest BCUT2D eigenvalue weighted by molar-refractivity contribution is 5.48. The molecule has 7 heteroatoms. The standard InChI is InChI=1S/C23H31N7/c1-16-12-29(13-17(2)26-16)23-25-11-9-21-27-19(15-30(21)23)14-28(3)20-8-4-6-18-7-5-10-24-22(18)20/h5,7,9-11,15-17,20,26H,4,6,8,12-14H2,1-3H3/t16-,17+,20-/m0/s1. The van der Waals surface area contributed by atoms with E-state index in [2.05, 4.69) is 58.7 Å². The van der Waals surface area contributed by atoms with Gasteiger partial charge in [-0.25, -0.2) is 9.97 Å². The van der Waals surface area contributed by atoms with Crippen molar-refractivity contribution in [1.82, 2.24) is 29.6 Å². The van der Waals surface area contributed by atoms with Gasteiger partial charge in [-0.05, 0) is 57.9 Å². The van der Waals surface area contributed by atoms with Crippen LogP contribution in [0.25, 0.3) is 5.65 Å². The summed E-state index contributed by atoms with van der Waals surface area (Å²) in [6.45, 7) is 7.17. The maximum absolute atomic E-state index is 4.92. The van der Waals surface area contributed by atoms with Crippen LogP contribution in [0.4, 0.5) is 5.95 Å². The summed E-state index contributed by atoms with van der Waals surface area (Å²) in [5.41, 5.74) is 4.67. The Morgan fingerprint density at radius 3 is 2.80 bits per heavy atom. The number of fused-ring (bicyclic) bond motifs is 2. The summed E-state index contributed by atoms with van der Waals surface area (Å²) in [5.74, 6) is 0.985. The Morgan fingerprint density at radius 1 is 1.13 bits per heavy atom. The van der Waals surface area contributed by atoms with Crippen LogP contribution in [-0.4, -0.2) is 56.5 Å². The molecule has 0 amide bonds. The molecule has 158 valence electrons. The fourth-order valence-electron chi connectivity index (χ4n) is 5.14. The summed E-state index contributed by atoms with van der Waals surface area (Å²) in [7, 11) is 2.19. The van der Waals surface area contributed by atoms with E-state index in [0.29, 0.717) is 18.1 Å². The Morgan fingerprint density at radius 2 is 1.97 bits per heavy atom. The fourth-order valence-corrected chi connectivity index (χ4v) is 5.14. The first-order chi connectivity index (χ1) is 14.6. The van der Waals surface area contributed by atoms with E-state index < -0.39 is 0 Å². The lowest BCUT2D eigenvalue weighted by Crippen LogP contribution is -2.54. The van der Waals surface area contributed by atoms with Crippen molar-refractivity contribution in [3.8, 4) is 0 Å². The van der Waals surface area contributed by atoms with Crippen LogP contribution in [0.1, 0.15) is 49.7 Å². The number of aromatic nitrogens is 4. The summed E-state index contributed by atoms with van der Waals surface area (Å²) < 4.78 is 2.15. The van der Waals surface area contributed by atoms with E-state index in [9.17, 15) is 0 Å². The van der Waals surface area contributed by atoms with Crippen LogP contribution < -0.4 is 10.2 Å². The van der Waals surface area contributed by atoms with Crippen molar-refractivity contribution in [2.45, 2.75) is 57.8 Å². The van der Waals surface area contributed by atoms with E-state index >= 15 is 0 Å². The Kier molecular flexibility index (Phi) is 5.16. The number of imidazole rings is 1. The molecule has 0 unspecified atom stereocenters. The molecule has 0 spiro atoms. The summed E-state index contributed by atoms with van der Waals surface area (Å²) in [4.78, 5) is 19.1. The van der Waals surface area contributed by atoms with Crippen LogP contribution >= 0.6 is 0 Å². The number of pyridine rings is 1. The molecule has 1 saturated heterocycles. The number of anilines is 1. The van der Waals surface area contributed by atoms with Crippen molar-refractivity contribution >= 4 is 11.6 Å². The average molecular weight is 406 g/mol. The minimum Gasteiger partial charge on any atom is -0.339 e. The van der Waals surface area contributed by atoms with Crippen molar-refractivity contribution in [1.29, 1.82) is 0 Å². The average Bonchev–Trinajstić information content (AvgIpc) is 3.15. The molecule has 7 nitrogen and oxygen atoms in total. The highest BCUT2D eigenvalue weighted by Crippen LogP contribution is 2.32. The third-order valence-electron chi connectivity index (χ3n) is 6.36. The van der Waals surface area contributed by atoms with Gasteiger partial charge in [-0.3, -0.25) is 14.3 Å². The van der Waals surface area contributed by atoms with Gasteiger partial charge >= 0.3 is 0 Å². The number of rotatable bonds is 4. The predicted octanol–water partition coefficient (Wildman–Crippen LogP) is 2.82. The van der Waals surface area contributed by atoms with Crippen molar-refractivity contribution in [2.24, 2.45) is 0 Å². The molecule has 3 aromatic rings. The minimum atomic E-state index is 0.354. The summed E-state index contributed by atoms with van der Waals surface area (Å²) >= 11 is 0. The first-order valence-corrected chi connectivity index (χ1v) is 11.1. The second-order valence-electron chi connectivity index (χ2n) is 8.95. The number of nitrogens with one attached hydrogen (secondary N) is 1. The van der Waals surface area contributed by atoms with Crippen LogP contribution in [0, 0.1) is 0 Å². The van der Waals surface area contributed by atoms with Gasteiger partial charge in [0.25, 0.3) is 0 Å². The van der Waals surface area contributed by atoms with Crippen molar-refractivity contribution in [3.05, 3.63) is 53.7 Å². The van der Waals surface area contributed by atoms with E-state index in [1.165, 1.54) is 17.7 Å². The van der Waals surface area contributed by atoms with Gasteiger partial charge < -0.3 is 10.2 Å². The Bertz CT molecular complexity index is 1020. The molecule has 1 fully saturated rings. The second-order valence-corrected chi connectivity index (χ2v) is 8.95. The molecule has 1 aliphatic heterocycles. The molecule has 0 radical (unpaired) electrons. The van der Waals surface area contributed by atoms with E-state index in [1.54, 1.807) is 0 Å². The largest absolute Gasteiger partial charge is 0.339 e. The zero-order valence-corrected chi connectivity index (χ0v) is 18.1. The lowest BCUT2D eigenvalue weighted by Gasteiger charge is -2.36. The molecular formula is C23H31N7. The number of nitrogens with zero attached hydrogens (tertiary/aromatic N) is 6. The molecule has 30 heavy (non-hydrogen) atoms. The molecular weight excluding hydrogens is 374 g/mol. The second kappa shape index (κ2) is 7.96. The van der Waals surface area contributed by atoms with E-state index in [-0.39, 0.29) is 0 Å². The first-order valence-electron chi connectivity index (χ1n) is 11.1. The zero-order valence-electron chi connectivity index (χ0n) is 18.1. The first kappa shape index (κ1) is 19.5. The zero-order chi connectivity index (χ0) is 20.7. The summed E-state index contributed by atoms with van der Waals surface area (Å²) in [5, 5.41) is 3.60. The smallest absolute Gasteiger partial charge is 0.211 e. The number of piperazine rings is 1. The molecule has 2 aliphatic rings. The number of hydrogen-bond donors (Lipinski definition) is 1.